The van der Waals surface area contributed by atoms with Gasteiger partial charge in [-0.3, -0.25) is 0 Å². The molecule has 0 aromatic rings. The molecule has 0 aliphatic heterocycles. The molecule has 0 radical (unpaired) electrons. The van der Waals surface area contributed by atoms with Gasteiger partial charge < -0.3 is 10.2 Å². The second-order valence-electron chi connectivity index (χ2n) is 3.50. The minimum absolute atomic E-state index is 0.667. The molecule has 0 aromatic heterocycles. The third kappa shape index (κ3) is 2.67. The maximum atomic E-state index is 3.50. The van der Waals surface area contributed by atoms with Crippen LogP contribution in [0, 0.1) is 0 Å². The summed E-state index contributed by atoms with van der Waals surface area (Å²) in [5.74, 6) is 0. The first-order valence-electron chi connectivity index (χ1n) is 4.10. The summed E-state index contributed by atoms with van der Waals surface area (Å²) in [6.07, 6.45) is 2.78. The highest BCUT2D eigenvalue weighted by atomic mass is 15.1. The van der Waals surface area contributed by atoms with E-state index < -0.39 is 0 Å². The van der Waals surface area contributed by atoms with Gasteiger partial charge in [-0.2, -0.15) is 0 Å². The SMILES string of the molecule is CC(CNC1CC1)N(C)C. The molecule has 60 valence electrons. The standard InChI is InChI=1S/C8H18N2/c1-7(10(2)3)6-9-8-4-5-8/h7-9H,4-6H2,1-3H3. The van der Waals surface area contributed by atoms with Gasteiger partial charge in [0, 0.05) is 18.6 Å². The summed E-state index contributed by atoms with van der Waals surface area (Å²) >= 11 is 0. The molecule has 0 aromatic carbocycles. The molecular formula is C8H18N2. The predicted octanol–water partition coefficient (Wildman–Crippen LogP) is 0.689. The molecule has 1 atom stereocenters. The molecule has 1 saturated carbocycles. The first-order chi connectivity index (χ1) is 4.70. The summed E-state index contributed by atoms with van der Waals surface area (Å²) in [5.41, 5.74) is 0. The summed E-state index contributed by atoms with van der Waals surface area (Å²) < 4.78 is 0. The van der Waals surface area contributed by atoms with Crippen molar-refractivity contribution in [2.24, 2.45) is 0 Å². The van der Waals surface area contributed by atoms with Gasteiger partial charge in [0.1, 0.15) is 0 Å². The lowest BCUT2D eigenvalue weighted by Crippen LogP contribution is -2.36. The largest absolute Gasteiger partial charge is 0.312 e. The Balaban J connectivity index is 1.99. The van der Waals surface area contributed by atoms with E-state index in [9.17, 15) is 0 Å². The zero-order valence-electron chi connectivity index (χ0n) is 7.22. The molecule has 0 spiro atoms. The minimum Gasteiger partial charge on any atom is -0.312 e. The van der Waals surface area contributed by atoms with Gasteiger partial charge in [0.05, 0.1) is 0 Å². The van der Waals surface area contributed by atoms with E-state index in [2.05, 4.69) is 31.2 Å². The van der Waals surface area contributed by atoms with Crippen LogP contribution in [0.5, 0.6) is 0 Å². The summed E-state index contributed by atoms with van der Waals surface area (Å²) in [7, 11) is 4.25. The van der Waals surface area contributed by atoms with Crippen LogP contribution in [-0.2, 0) is 0 Å². The van der Waals surface area contributed by atoms with E-state index in [1.807, 2.05) is 0 Å². The molecule has 10 heavy (non-hydrogen) atoms. The van der Waals surface area contributed by atoms with Crippen molar-refractivity contribution in [3.63, 3.8) is 0 Å². The van der Waals surface area contributed by atoms with Crippen molar-refractivity contribution in [2.75, 3.05) is 20.6 Å². The van der Waals surface area contributed by atoms with Crippen LogP contribution in [-0.4, -0.2) is 37.6 Å². The molecule has 0 bridgehead atoms. The summed E-state index contributed by atoms with van der Waals surface area (Å²) in [4.78, 5) is 2.25. The Labute approximate surface area is 63.6 Å². The first-order valence-corrected chi connectivity index (χ1v) is 4.10. The molecule has 1 aliphatic carbocycles. The molecule has 1 fully saturated rings. The van der Waals surface area contributed by atoms with Gasteiger partial charge in [0.2, 0.25) is 0 Å². The minimum atomic E-state index is 0.667. The topological polar surface area (TPSA) is 15.3 Å². The fourth-order valence-corrected chi connectivity index (χ4v) is 0.807. The molecule has 1 aliphatic rings. The Bertz CT molecular complexity index is 97.4. The average molecular weight is 142 g/mol. The predicted molar refractivity (Wildman–Crippen MR) is 44.2 cm³/mol. The van der Waals surface area contributed by atoms with Gasteiger partial charge in [0.15, 0.2) is 0 Å². The average Bonchev–Trinajstić information content (AvgIpc) is 2.64. The van der Waals surface area contributed by atoms with Gasteiger partial charge >= 0.3 is 0 Å². The molecule has 1 rings (SSSR count). The van der Waals surface area contributed by atoms with Crippen molar-refractivity contribution >= 4 is 0 Å². The third-order valence-electron chi connectivity index (χ3n) is 2.16. The highest BCUT2D eigenvalue weighted by molar-refractivity contribution is 4.82. The Morgan fingerprint density at radius 2 is 2.10 bits per heavy atom. The number of nitrogens with zero attached hydrogens (tertiary/aromatic N) is 1. The van der Waals surface area contributed by atoms with Crippen molar-refractivity contribution in [3.8, 4) is 0 Å². The Morgan fingerprint density at radius 1 is 1.50 bits per heavy atom. The number of hydrogen-bond acceptors (Lipinski definition) is 2. The van der Waals surface area contributed by atoms with E-state index in [0.717, 1.165) is 12.6 Å². The van der Waals surface area contributed by atoms with Crippen LogP contribution in [0.15, 0.2) is 0 Å². The van der Waals surface area contributed by atoms with Crippen LogP contribution in [0.3, 0.4) is 0 Å². The van der Waals surface area contributed by atoms with E-state index in [0.29, 0.717) is 6.04 Å². The summed E-state index contributed by atoms with van der Waals surface area (Å²) in [6, 6.07) is 1.52. The van der Waals surface area contributed by atoms with Crippen LogP contribution in [0.4, 0.5) is 0 Å². The Morgan fingerprint density at radius 3 is 2.50 bits per heavy atom. The number of nitrogens with one attached hydrogen (secondary N) is 1. The quantitative estimate of drug-likeness (QED) is 0.621. The Hall–Kier alpha value is -0.0800. The fourth-order valence-electron chi connectivity index (χ4n) is 0.807. The van der Waals surface area contributed by atoms with E-state index in [4.69, 9.17) is 0 Å². The normalized spacial score (nSPS) is 21.6. The maximum Gasteiger partial charge on any atom is 0.0186 e. The van der Waals surface area contributed by atoms with Crippen LogP contribution in [0.1, 0.15) is 19.8 Å². The third-order valence-corrected chi connectivity index (χ3v) is 2.16. The van der Waals surface area contributed by atoms with E-state index >= 15 is 0 Å². The molecule has 1 N–H and O–H groups in total. The van der Waals surface area contributed by atoms with Crippen LogP contribution in [0.2, 0.25) is 0 Å². The molecule has 0 amide bonds. The van der Waals surface area contributed by atoms with Crippen molar-refractivity contribution in [1.82, 2.24) is 10.2 Å². The van der Waals surface area contributed by atoms with Crippen LogP contribution >= 0.6 is 0 Å². The number of likely N-dealkylation sites (N-methyl/N-ethyl adjacent to an activating group) is 1. The molecule has 1 unspecified atom stereocenters. The van der Waals surface area contributed by atoms with Crippen molar-refractivity contribution in [1.29, 1.82) is 0 Å². The van der Waals surface area contributed by atoms with Crippen molar-refractivity contribution in [3.05, 3.63) is 0 Å². The summed E-state index contributed by atoms with van der Waals surface area (Å²) in [5, 5.41) is 3.50. The van der Waals surface area contributed by atoms with Gasteiger partial charge in [-0.15, -0.1) is 0 Å². The lowest BCUT2D eigenvalue weighted by atomic mass is 10.3. The van der Waals surface area contributed by atoms with Gasteiger partial charge in [-0.05, 0) is 33.9 Å². The van der Waals surface area contributed by atoms with E-state index in [-0.39, 0.29) is 0 Å². The van der Waals surface area contributed by atoms with E-state index in [1.54, 1.807) is 0 Å². The van der Waals surface area contributed by atoms with Gasteiger partial charge in [0.25, 0.3) is 0 Å². The highest BCUT2D eigenvalue weighted by Crippen LogP contribution is 2.18. The maximum absolute atomic E-state index is 3.50. The Kier molecular flexibility index (Phi) is 2.69. The number of hydrogen-bond donors (Lipinski definition) is 1. The lowest BCUT2D eigenvalue weighted by molar-refractivity contribution is 0.302. The smallest absolute Gasteiger partial charge is 0.0186 e. The molecule has 2 nitrogen and oxygen atoms in total. The molecule has 2 heteroatoms. The van der Waals surface area contributed by atoms with Gasteiger partial charge in [-0.1, -0.05) is 0 Å². The zero-order chi connectivity index (χ0) is 7.56. The van der Waals surface area contributed by atoms with E-state index in [1.165, 1.54) is 12.8 Å². The molecular weight excluding hydrogens is 124 g/mol. The van der Waals surface area contributed by atoms with Crippen LogP contribution < -0.4 is 5.32 Å². The number of rotatable bonds is 4. The zero-order valence-corrected chi connectivity index (χ0v) is 7.22. The van der Waals surface area contributed by atoms with Crippen molar-refractivity contribution in [2.45, 2.75) is 31.8 Å². The second-order valence-corrected chi connectivity index (χ2v) is 3.50. The van der Waals surface area contributed by atoms with Crippen molar-refractivity contribution < 1.29 is 0 Å². The summed E-state index contributed by atoms with van der Waals surface area (Å²) in [6.45, 7) is 3.38. The lowest BCUT2D eigenvalue weighted by Gasteiger charge is -2.19. The second kappa shape index (κ2) is 3.35. The van der Waals surface area contributed by atoms with Crippen LogP contribution in [0.25, 0.3) is 0 Å². The van der Waals surface area contributed by atoms with Gasteiger partial charge in [-0.25, -0.2) is 0 Å². The monoisotopic (exact) mass is 142 g/mol. The highest BCUT2D eigenvalue weighted by Gasteiger charge is 2.20. The first kappa shape index (κ1) is 8.02. The fraction of sp³-hybridized carbons (Fsp3) is 1.00. The molecule has 0 heterocycles. The molecule has 0 saturated heterocycles.